The monoisotopic (exact) mass is 318 g/mol. The molecule has 1 aliphatic carbocycles. The molecular weight excluding hydrogens is 296 g/mol. The van der Waals surface area contributed by atoms with E-state index < -0.39 is 5.97 Å². The minimum absolute atomic E-state index is 0.0445. The van der Waals surface area contributed by atoms with E-state index in [1.807, 2.05) is 13.8 Å². The lowest BCUT2D eigenvalue weighted by atomic mass is 9.90. The Morgan fingerprint density at radius 2 is 2.04 bits per heavy atom. The second-order valence-corrected chi connectivity index (χ2v) is 6.80. The Bertz CT molecular complexity index is 604. The lowest BCUT2D eigenvalue weighted by molar-refractivity contribution is -0.139. The van der Waals surface area contributed by atoms with Gasteiger partial charge < -0.3 is 14.7 Å². The number of nitrogens with zero attached hydrogens (tertiary/aromatic N) is 2. The molecule has 1 aromatic heterocycles. The highest BCUT2D eigenvalue weighted by atomic mass is 16.5. The SMILES string of the molecule is CC(C)Oc1ccc(C(=O)N2CCC3(CC2)C[C@@H]3C(=O)O)cn1. The topological polar surface area (TPSA) is 79.7 Å². The molecule has 6 heteroatoms. The first-order chi connectivity index (χ1) is 10.9. The van der Waals surface area contributed by atoms with Gasteiger partial charge >= 0.3 is 5.97 Å². The first-order valence-electron chi connectivity index (χ1n) is 8.06. The molecule has 124 valence electrons. The van der Waals surface area contributed by atoms with Gasteiger partial charge in [0.05, 0.1) is 17.6 Å². The van der Waals surface area contributed by atoms with Crippen LogP contribution in [0.2, 0.25) is 0 Å². The summed E-state index contributed by atoms with van der Waals surface area (Å²) in [4.78, 5) is 29.5. The lowest BCUT2D eigenvalue weighted by Crippen LogP contribution is -2.40. The van der Waals surface area contributed by atoms with Crippen molar-refractivity contribution in [3.05, 3.63) is 23.9 Å². The van der Waals surface area contributed by atoms with Gasteiger partial charge in [-0.3, -0.25) is 9.59 Å². The maximum Gasteiger partial charge on any atom is 0.307 e. The van der Waals surface area contributed by atoms with Crippen LogP contribution in [0.5, 0.6) is 5.88 Å². The molecule has 2 heterocycles. The third kappa shape index (κ3) is 3.16. The fourth-order valence-electron chi connectivity index (χ4n) is 3.41. The van der Waals surface area contributed by atoms with E-state index in [0.29, 0.717) is 24.5 Å². The fraction of sp³-hybridized carbons (Fsp3) is 0.588. The van der Waals surface area contributed by atoms with Crippen molar-refractivity contribution in [3.63, 3.8) is 0 Å². The minimum atomic E-state index is -0.699. The molecule has 0 radical (unpaired) electrons. The summed E-state index contributed by atoms with van der Waals surface area (Å²) >= 11 is 0. The molecule has 0 unspecified atom stereocenters. The maximum absolute atomic E-state index is 12.5. The molecule has 6 nitrogen and oxygen atoms in total. The third-order valence-electron chi connectivity index (χ3n) is 4.87. The number of carbonyl (C=O) groups excluding carboxylic acids is 1. The molecule has 1 spiro atoms. The van der Waals surface area contributed by atoms with E-state index in [2.05, 4.69) is 4.98 Å². The van der Waals surface area contributed by atoms with E-state index in [1.54, 1.807) is 23.2 Å². The largest absolute Gasteiger partial charge is 0.481 e. The molecule has 2 aliphatic rings. The smallest absolute Gasteiger partial charge is 0.307 e. The van der Waals surface area contributed by atoms with Crippen LogP contribution in [-0.4, -0.2) is 46.1 Å². The maximum atomic E-state index is 12.5. The van der Waals surface area contributed by atoms with Crippen LogP contribution in [0.4, 0.5) is 0 Å². The Balaban J connectivity index is 1.58. The first-order valence-corrected chi connectivity index (χ1v) is 8.06. The molecule has 0 aromatic carbocycles. The molecule has 0 bridgehead atoms. The summed E-state index contributed by atoms with van der Waals surface area (Å²) in [5.41, 5.74) is 0.484. The average molecular weight is 318 g/mol. The number of hydrogen-bond acceptors (Lipinski definition) is 4. The van der Waals surface area contributed by atoms with Crippen molar-refractivity contribution >= 4 is 11.9 Å². The number of aromatic nitrogens is 1. The highest BCUT2D eigenvalue weighted by Gasteiger charge is 2.59. The number of likely N-dealkylation sites (tertiary alicyclic amines) is 1. The van der Waals surface area contributed by atoms with Crippen molar-refractivity contribution in [2.45, 2.75) is 39.2 Å². The molecule has 23 heavy (non-hydrogen) atoms. The van der Waals surface area contributed by atoms with Crippen molar-refractivity contribution in [3.8, 4) is 5.88 Å². The molecule has 2 fully saturated rings. The lowest BCUT2D eigenvalue weighted by Gasteiger charge is -2.32. The van der Waals surface area contributed by atoms with Gasteiger partial charge in [0.2, 0.25) is 5.88 Å². The van der Waals surface area contributed by atoms with E-state index >= 15 is 0 Å². The number of pyridine rings is 1. The summed E-state index contributed by atoms with van der Waals surface area (Å²) < 4.78 is 5.47. The number of amides is 1. The quantitative estimate of drug-likeness (QED) is 0.920. The highest BCUT2D eigenvalue weighted by molar-refractivity contribution is 5.94. The van der Waals surface area contributed by atoms with Crippen LogP contribution in [0.15, 0.2) is 18.3 Å². The van der Waals surface area contributed by atoms with Crippen molar-refractivity contribution in [2.24, 2.45) is 11.3 Å². The average Bonchev–Trinajstić information content (AvgIpc) is 3.22. The van der Waals surface area contributed by atoms with Crippen molar-refractivity contribution in [1.29, 1.82) is 0 Å². The Labute approximate surface area is 135 Å². The molecule has 1 aliphatic heterocycles. The molecule has 1 amide bonds. The second-order valence-electron chi connectivity index (χ2n) is 6.80. The Morgan fingerprint density at radius 1 is 1.35 bits per heavy atom. The van der Waals surface area contributed by atoms with Gasteiger partial charge in [-0.05, 0) is 44.6 Å². The predicted octanol–water partition coefficient (Wildman–Crippen LogP) is 2.20. The Morgan fingerprint density at radius 3 is 2.52 bits per heavy atom. The van der Waals surface area contributed by atoms with Crippen LogP contribution >= 0.6 is 0 Å². The number of carbonyl (C=O) groups is 2. The van der Waals surface area contributed by atoms with Gasteiger partial charge in [-0.15, -0.1) is 0 Å². The zero-order chi connectivity index (χ0) is 16.6. The Hall–Kier alpha value is -2.11. The van der Waals surface area contributed by atoms with Crippen LogP contribution in [0, 0.1) is 11.3 Å². The zero-order valence-electron chi connectivity index (χ0n) is 13.5. The molecule has 1 saturated carbocycles. The fourth-order valence-corrected chi connectivity index (χ4v) is 3.41. The number of piperidine rings is 1. The summed E-state index contributed by atoms with van der Waals surface area (Å²) in [7, 11) is 0. The molecule has 3 rings (SSSR count). The van der Waals surface area contributed by atoms with Gasteiger partial charge in [0.25, 0.3) is 5.91 Å². The zero-order valence-corrected chi connectivity index (χ0v) is 13.5. The van der Waals surface area contributed by atoms with Crippen LogP contribution in [0.1, 0.15) is 43.5 Å². The van der Waals surface area contributed by atoms with Crippen LogP contribution in [-0.2, 0) is 4.79 Å². The van der Waals surface area contributed by atoms with Gasteiger partial charge in [0.15, 0.2) is 0 Å². The summed E-state index contributed by atoms with van der Waals surface area (Å²) in [6.45, 7) is 5.08. The third-order valence-corrected chi connectivity index (χ3v) is 4.87. The van der Waals surface area contributed by atoms with Gasteiger partial charge in [0.1, 0.15) is 0 Å². The van der Waals surface area contributed by atoms with Crippen molar-refractivity contribution < 1.29 is 19.4 Å². The normalized spacial score (nSPS) is 22.2. The van der Waals surface area contributed by atoms with Gasteiger partial charge in [-0.2, -0.15) is 0 Å². The van der Waals surface area contributed by atoms with E-state index in [9.17, 15) is 9.59 Å². The number of aliphatic carboxylic acids is 1. The summed E-state index contributed by atoms with van der Waals surface area (Å²) in [5, 5.41) is 9.11. The van der Waals surface area contributed by atoms with E-state index in [-0.39, 0.29) is 23.3 Å². The summed E-state index contributed by atoms with van der Waals surface area (Å²) in [6.07, 6.45) is 3.90. The first kappa shape index (κ1) is 15.8. The molecule has 1 N–H and O–H groups in total. The van der Waals surface area contributed by atoms with E-state index in [4.69, 9.17) is 9.84 Å². The van der Waals surface area contributed by atoms with Crippen LogP contribution in [0.3, 0.4) is 0 Å². The minimum Gasteiger partial charge on any atom is -0.481 e. The number of carboxylic acid groups (broad SMARTS) is 1. The van der Waals surface area contributed by atoms with Crippen molar-refractivity contribution in [2.75, 3.05) is 13.1 Å². The van der Waals surface area contributed by atoms with Crippen LogP contribution < -0.4 is 4.74 Å². The summed E-state index contributed by atoms with van der Waals surface area (Å²) in [6, 6.07) is 3.44. The molecule has 1 aromatic rings. The van der Waals surface area contributed by atoms with E-state index in [1.165, 1.54) is 0 Å². The summed E-state index contributed by atoms with van der Waals surface area (Å²) in [5.74, 6) is -0.448. The molecular formula is C17H22N2O4. The van der Waals surface area contributed by atoms with Gasteiger partial charge in [-0.1, -0.05) is 0 Å². The predicted molar refractivity (Wildman–Crippen MR) is 83.3 cm³/mol. The Kier molecular flexibility index (Phi) is 4.00. The second kappa shape index (κ2) is 5.83. The van der Waals surface area contributed by atoms with E-state index in [0.717, 1.165) is 19.3 Å². The highest BCUT2D eigenvalue weighted by Crippen LogP contribution is 2.59. The molecule has 1 saturated heterocycles. The number of ether oxygens (including phenoxy) is 1. The number of hydrogen-bond donors (Lipinski definition) is 1. The van der Waals surface area contributed by atoms with Crippen molar-refractivity contribution in [1.82, 2.24) is 9.88 Å². The number of rotatable bonds is 4. The number of carboxylic acids is 1. The van der Waals surface area contributed by atoms with Gasteiger partial charge in [-0.25, -0.2) is 4.98 Å². The van der Waals surface area contributed by atoms with Gasteiger partial charge in [0, 0.05) is 25.4 Å². The van der Waals surface area contributed by atoms with Crippen LogP contribution in [0.25, 0.3) is 0 Å². The standard InChI is InChI=1S/C17H22N2O4/c1-11(2)23-14-4-3-12(10-18-14)15(20)19-7-5-17(6-8-19)9-13(17)16(21)22/h3-4,10-11,13H,5-9H2,1-2H3,(H,21,22)/t13-/m1/s1. The molecule has 1 atom stereocenters.